The summed E-state index contributed by atoms with van der Waals surface area (Å²) in [4.78, 5) is 40.1. The van der Waals surface area contributed by atoms with E-state index in [0.717, 1.165) is 12.8 Å². The fourth-order valence-electron chi connectivity index (χ4n) is 5.25. The molecule has 0 bridgehead atoms. The first-order chi connectivity index (χ1) is 20.7. The molecule has 0 aliphatic carbocycles. The van der Waals surface area contributed by atoms with Crippen LogP contribution in [0, 0.1) is 0 Å². The zero-order valence-corrected chi connectivity index (χ0v) is 25.6. The molecule has 228 valence electrons. The Morgan fingerprint density at radius 3 is 2.49 bits per heavy atom. The van der Waals surface area contributed by atoms with Crippen molar-refractivity contribution in [3.8, 4) is 22.8 Å². The van der Waals surface area contributed by atoms with Crippen molar-refractivity contribution in [2.75, 3.05) is 51.1 Å². The Hall–Kier alpha value is -3.87. The molecule has 2 fully saturated rings. The summed E-state index contributed by atoms with van der Waals surface area (Å²) in [5.41, 5.74) is 1.47. The van der Waals surface area contributed by atoms with Crippen LogP contribution >= 0.6 is 23.2 Å². The summed E-state index contributed by atoms with van der Waals surface area (Å²) in [5.74, 6) is 1.15. The van der Waals surface area contributed by atoms with Crippen LogP contribution in [0.15, 0.2) is 31.0 Å². The largest absolute Gasteiger partial charge is 0.495 e. The van der Waals surface area contributed by atoms with Gasteiger partial charge in [0.1, 0.15) is 17.0 Å². The third-order valence-electron chi connectivity index (χ3n) is 7.51. The number of anilines is 2. The van der Waals surface area contributed by atoms with E-state index in [4.69, 9.17) is 47.4 Å². The Balaban J connectivity index is 1.54. The number of hydrogen-bond donors (Lipinski definition) is 3. The van der Waals surface area contributed by atoms with E-state index in [1.165, 1.54) is 27.2 Å². The molecule has 43 heavy (non-hydrogen) atoms. The number of rotatable bonds is 10. The highest BCUT2D eigenvalue weighted by Gasteiger charge is 2.35. The fourth-order valence-corrected chi connectivity index (χ4v) is 5.94. The van der Waals surface area contributed by atoms with Crippen molar-refractivity contribution in [2.24, 2.45) is 0 Å². The van der Waals surface area contributed by atoms with Crippen LogP contribution in [0.25, 0.3) is 22.2 Å². The van der Waals surface area contributed by atoms with E-state index in [-0.39, 0.29) is 40.0 Å². The van der Waals surface area contributed by atoms with E-state index in [9.17, 15) is 9.59 Å². The number of benzene rings is 1. The Morgan fingerprint density at radius 2 is 1.86 bits per heavy atom. The van der Waals surface area contributed by atoms with Gasteiger partial charge < -0.3 is 35.1 Å². The molecule has 0 radical (unpaired) electrons. The zero-order valence-electron chi connectivity index (χ0n) is 24.1. The third kappa shape index (κ3) is 6.56. The second-order valence-corrected chi connectivity index (χ2v) is 11.0. The molecule has 3 N–H and O–H groups in total. The Bertz CT molecular complexity index is 1520. The second-order valence-electron chi connectivity index (χ2n) is 10.3. The molecule has 12 nitrogen and oxygen atoms in total. The number of halogens is 2. The summed E-state index contributed by atoms with van der Waals surface area (Å²) >= 11 is 13.5. The Labute approximate surface area is 259 Å². The van der Waals surface area contributed by atoms with Crippen LogP contribution in [-0.4, -0.2) is 90.3 Å². The van der Waals surface area contributed by atoms with Crippen LogP contribution in [0.1, 0.15) is 19.8 Å². The van der Waals surface area contributed by atoms with Crippen LogP contribution in [0.3, 0.4) is 0 Å². The van der Waals surface area contributed by atoms with E-state index in [0.29, 0.717) is 71.7 Å². The molecule has 4 heterocycles. The molecule has 1 unspecified atom stereocenters. The fraction of sp³-hybridized carbons (Fsp3) is 0.414. The molecule has 2 amide bonds. The van der Waals surface area contributed by atoms with Gasteiger partial charge in [0.2, 0.25) is 17.8 Å². The first kappa shape index (κ1) is 30.6. The summed E-state index contributed by atoms with van der Waals surface area (Å²) in [6.45, 7) is 6.98. The van der Waals surface area contributed by atoms with Crippen molar-refractivity contribution in [3.63, 3.8) is 0 Å². The smallest absolute Gasteiger partial charge is 0.243 e. The lowest BCUT2D eigenvalue weighted by molar-refractivity contribution is -0.128. The lowest BCUT2D eigenvalue weighted by atomic mass is 10.1. The van der Waals surface area contributed by atoms with E-state index < -0.39 is 0 Å². The summed E-state index contributed by atoms with van der Waals surface area (Å²) in [5, 5.41) is 10.8. The van der Waals surface area contributed by atoms with Gasteiger partial charge in [-0.1, -0.05) is 29.8 Å². The second kappa shape index (κ2) is 13.2. The lowest BCUT2D eigenvalue weighted by Gasteiger charge is -2.21. The minimum atomic E-state index is -0.362. The van der Waals surface area contributed by atoms with Crippen molar-refractivity contribution < 1.29 is 23.8 Å². The number of likely N-dealkylation sites (tertiary alicyclic amines) is 1. The first-order valence-electron chi connectivity index (χ1n) is 13.8. The van der Waals surface area contributed by atoms with Crippen molar-refractivity contribution in [3.05, 3.63) is 41.0 Å². The van der Waals surface area contributed by atoms with Gasteiger partial charge in [-0.3, -0.25) is 9.59 Å². The molecule has 2 aliphatic heterocycles. The molecule has 3 atom stereocenters. The van der Waals surface area contributed by atoms with Gasteiger partial charge in [0.25, 0.3) is 0 Å². The van der Waals surface area contributed by atoms with Crippen molar-refractivity contribution >= 4 is 57.7 Å². The maximum absolute atomic E-state index is 12.1. The predicted molar refractivity (Wildman–Crippen MR) is 165 cm³/mol. The van der Waals surface area contributed by atoms with Gasteiger partial charge in [0.05, 0.1) is 48.1 Å². The normalized spacial score (nSPS) is 19.7. The maximum Gasteiger partial charge on any atom is 0.243 e. The minimum absolute atomic E-state index is 0.0364. The topological polar surface area (TPSA) is 140 Å². The molecule has 2 aromatic heterocycles. The number of amides is 2. The van der Waals surface area contributed by atoms with Gasteiger partial charge >= 0.3 is 0 Å². The standard InChI is InChI=1S/C29H33Cl2N7O5/c1-5-23(40)34-19-13-38(15(2)39)14-20(19)36-29-33-11-16-9-18(24-25(30)21(41-3)10-22(42-4)26(24)31)35-28(27(16)37-29)32-12-17-7-6-8-43-17/h5,9-11,17,19-20H,1,6-8,12-14H2,2-4H3,(H,32,35)(H,34,40)(H,33,36,37)/t17?,19-,20+/m0/s1. The number of nitrogens with zero attached hydrogens (tertiary/aromatic N) is 4. The number of aromatic nitrogens is 3. The molecule has 2 saturated heterocycles. The van der Waals surface area contributed by atoms with Crippen LogP contribution in [-0.2, 0) is 14.3 Å². The van der Waals surface area contributed by atoms with Gasteiger partial charge in [-0.15, -0.1) is 0 Å². The summed E-state index contributed by atoms with van der Waals surface area (Å²) in [6, 6.07) is 2.72. The lowest BCUT2D eigenvalue weighted by Crippen LogP contribution is -2.45. The van der Waals surface area contributed by atoms with Gasteiger partial charge in [-0.2, -0.15) is 0 Å². The highest BCUT2D eigenvalue weighted by atomic mass is 35.5. The van der Waals surface area contributed by atoms with E-state index in [2.05, 4.69) is 27.5 Å². The summed E-state index contributed by atoms with van der Waals surface area (Å²) in [7, 11) is 3.02. The van der Waals surface area contributed by atoms with Crippen molar-refractivity contribution in [2.45, 2.75) is 38.0 Å². The molecule has 2 aliphatic rings. The van der Waals surface area contributed by atoms with E-state index in [1.807, 2.05) is 0 Å². The molecule has 3 aromatic rings. The number of carbonyl (C=O) groups excluding carboxylic acids is 2. The highest BCUT2D eigenvalue weighted by Crippen LogP contribution is 2.46. The van der Waals surface area contributed by atoms with Gasteiger partial charge in [-0.05, 0) is 25.0 Å². The SMILES string of the molecule is C=CC(=O)N[C@H]1CN(C(C)=O)C[C@H]1Nc1ncc2cc(-c3c(Cl)c(OC)cc(OC)c3Cl)nc(NCC3CCCO3)c2n1. The minimum Gasteiger partial charge on any atom is -0.495 e. The Kier molecular flexibility index (Phi) is 9.38. The van der Waals surface area contributed by atoms with Crippen molar-refractivity contribution in [1.82, 2.24) is 25.2 Å². The van der Waals surface area contributed by atoms with E-state index in [1.54, 1.807) is 23.2 Å². The Morgan fingerprint density at radius 1 is 1.14 bits per heavy atom. The summed E-state index contributed by atoms with van der Waals surface area (Å²) in [6.07, 6.45) is 4.83. The molecule has 1 aromatic carbocycles. The number of fused-ring (bicyclic) bond motifs is 1. The number of nitrogens with one attached hydrogen (secondary N) is 3. The number of hydrogen-bond acceptors (Lipinski definition) is 10. The molecule has 5 rings (SSSR count). The molecule has 0 spiro atoms. The zero-order chi connectivity index (χ0) is 30.7. The van der Waals surface area contributed by atoms with Crippen LogP contribution in [0.4, 0.5) is 11.8 Å². The average Bonchev–Trinajstić information content (AvgIpc) is 3.66. The predicted octanol–water partition coefficient (Wildman–Crippen LogP) is 3.92. The molecular weight excluding hydrogens is 597 g/mol. The highest BCUT2D eigenvalue weighted by molar-refractivity contribution is 6.41. The van der Waals surface area contributed by atoms with Crippen LogP contribution < -0.4 is 25.4 Å². The number of carbonyl (C=O) groups is 2. The quantitative estimate of drug-likeness (QED) is 0.283. The molecular formula is C29H33Cl2N7O5. The van der Waals surface area contributed by atoms with Crippen LogP contribution in [0.2, 0.25) is 10.0 Å². The average molecular weight is 631 g/mol. The van der Waals surface area contributed by atoms with Gasteiger partial charge in [0, 0.05) is 56.4 Å². The van der Waals surface area contributed by atoms with Crippen molar-refractivity contribution in [1.29, 1.82) is 0 Å². The maximum atomic E-state index is 12.1. The van der Waals surface area contributed by atoms with Gasteiger partial charge in [0.15, 0.2) is 5.82 Å². The molecule has 14 heteroatoms. The van der Waals surface area contributed by atoms with E-state index >= 15 is 0 Å². The monoisotopic (exact) mass is 629 g/mol. The number of ether oxygens (including phenoxy) is 3. The third-order valence-corrected chi connectivity index (χ3v) is 8.26. The number of methoxy groups -OCH3 is 2. The summed E-state index contributed by atoms with van der Waals surface area (Å²) < 4.78 is 16.7. The van der Waals surface area contributed by atoms with Gasteiger partial charge in [-0.25, -0.2) is 15.0 Å². The first-order valence-corrected chi connectivity index (χ1v) is 14.6. The molecule has 0 saturated carbocycles. The number of pyridine rings is 1. The van der Waals surface area contributed by atoms with Crippen LogP contribution in [0.5, 0.6) is 11.5 Å².